The molecule has 0 fully saturated rings. The standard InChI is InChI=1S/C17H14BClF2N2O/c1-10-3-6-14-17(12-5-8-16(24)13(19)9-12)15-7-4-11(2)23(15)18(20,21)22(10)14/h3-9,24H,1-2H3. The Morgan fingerprint density at radius 1 is 1.12 bits per heavy atom. The molecule has 0 atom stereocenters. The molecule has 7 heteroatoms. The predicted molar refractivity (Wildman–Crippen MR) is 91.8 cm³/mol. The summed E-state index contributed by atoms with van der Waals surface area (Å²) in [5.41, 5.74) is 3.25. The molecule has 1 N–H and O–H groups in total. The Balaban J connectivity index is 2.10. The number of benzene rings is 1. The molecule has 1 aromatic heterocycles. The summed E-state index contributed by atoms with van der Waals surface area (Å²) in [5, 5.41) is 9.84. The molecule has 3 heterocycles. The van der Waals surface area contributed by atoms with E-state index < -0.39 is 6.97 Å². The molecule has 0 aliphatic carbocycles. The molecule has 2 aromatic rings. The minimum absolute atomic E-state index is 0.0375. The van der Waals surface area contributed by atoms with Crippen molar-refractivity contribution < 1.29 is 18.2 Å². The molecule has 4 rings (SSSR count). The molecule has 122 valence electrons. The number of fused-ring (bicyclic) bond motifs is 2. The molecule has 0 radical (unpaired) electrons. The number of nitrogens with zero attached hydrogens (tertiary/aromatic N) is 2. The largest absolute Gasteiger partial charge is 0.737 e. The van der Waals surface area contributed by atoms with E-state index in [1.54, 1.807) is 50.3 Å². The van der Waals surface area contributed by atoms with Crippen LogP contribution in [-0.2, 0) is 0 Å². The lowest BCUT2D eigenvalue weighted by atomic mass is 9.86. The zero-order valence-electron chi connectivity index (χ0n) is 13.1. The summed E-state index contributed by atoms with van der Waals surface area (Å²) in [6.07, 6.45) is 3.39. The van der Waals surface area contributed by atoms with E-state index in [0.29, 0.717) is 33.9 Å². The summed E-state index contributed by atoms with van der Waals surface area (Å²) in [5.74, 6) is -0.0375. The molecule has 0 spiro atoms. The molecule has 0 saturated carbocycles. The van der Waals surface area contributed by atoms with E-state index >= 15 is 8.63 Å². The molecule has 0 bridgehead atoms. The molecule has 24 heavy (non-hydrogen) atoms. The average Bonchev–Trinajstić information content (AvgIpc) is 3.08. The molecule has 1 aromatic carbocycles. The minimum Gasteiger partial charge on any atom is -0.506 e. The summed E-state index contributed by atoms with van der Waals surface area (Å²) in [6, 6.07) is 8.15. The third kappa shape index (κ3) is 1.86. The zero-order chi connectivity index (χ0) is 17.2. The van der Waals surface area contributed by atoms with Gasteiger partial charge in [-0.15, -0.1) is 0 Å². The highest BCUT2D eigenvalue weighted by Gasteiger charge is 2.53. The van der Waals surface area contributed by atoms with Crippen LogP contribution in [0.15, 0.2) is 48.2 Å². The highest BCUT2D eigenvalue weighted by Crippen LogP contribution is 2.41. The van der Waals surface area contributed by atoms with Gasteiger partial charge in [0.25, 0.3) is 0 Å². The Morgan fingerprint density at radius 2 is 1.88 bits per heavy atom. The van der Waals surface area contributed by atoms with E-state index in [9.17, 15) is 5.11 Å². The lowest BCUT2D eigenvalue weighted by molar-refractivity contribution is -0.362. The van der Waals surface area contributed by atoms with E-state index in [1.165, 1.54) is 6.07 Å². The first-order valence-corrected chi connectivity index (χ1v) is 7.95. The fraction of sp³-hybridized carbons (Fsp3) is 0.118. The Hall–Kier alpha value is -2.34. The molecule has 0 amide bonds. The quantitative estimate of drug-likeness (QED) is 0.770. The van der Waals surface area contributed by atoms with E-state index in [2.05, 4.69) is 0 Å². The lowest BCUT2D eigenvalue weighted by Crippen LogP contribution is -2.51. The number of aromatic hydroxyl groups is 1. The second kappa shape index (κ2) is 4.83. The third-order valence-corrected chi connectivity index (χ3v) is 4.92. The van der Waals surface area contributed by atoms with Crippen LogP contribution in [0.25, 0.3) is 5.57 Å². The van der Waals surface area contributed by atoms with Crippen molar-refractivity contribution in [1.82, 2.24) is 4.48 Å². The first-order valence-electron chi connectivity index (χ1n) is 7.57. The van der Waals surface area contributed by atoms with Crippen molar-refractivity contribution in [3.63, 3.8) is 0 Å². The molecule has 2 aliphatic heterocycles. The highest BCUT2D eigenvalue weighted by molar-refractivity contribution is 6.58. The van der Waals surface area contributed by atoms with Crippen LogP contribution < -0.4 is 0 Å². The van der Waals surface area contributed by atoms with Crippen molar-refractivity contribution in [1.29, 1.82) is 0 Å². The van der Waals surface area contributed by atoms with Gasteiger partial charge in [-0.05, 0) is 42.4 Å². The number of halogens is 3. The zero-order valence-corrected chi connectivity index (χ0v) is 13.9. The molecule has 0 saturated heterocycles. The van der Waals surface area contributed by atoms with Gasteiger partial charge in [0.2, 0.25) is 0 Å². The summed E-state index contributed by atoms with van der Waals surface area (Å²) < 4.78 is 32.4. The van der Waals surface area contributed by atoms with Crippen molar-refractivity contribution >= 4 is 29.9 Å². The number of allylic oxidation sites excluding steroid dienone is 2. The van der Waals surface area contributed by atoms with Crippen LogP contribution in [0.4, 0.5) is 8.63 Å². The Kier molecular flexibility index (Phi) is 3.06. The maximum absolute atomic E-state index is 15.1. The molecular formula is C17H14BClF2N2O. The predicted octanol–water partition coefficient (Wildman–Crippen LogP) is 4.19. The minimum atomic E-state index is -3.95. The van der Waals surface area contributed by atoms with Crippen LogP contribution in [0, 0.1) is 6.92 Å². The monoisotopic (exact) mass is 346 g/mol. The molecule has 3 nitrogen and oxygen atoms in total. The van der Waals surface area contributed by atoms with Crippen molar-refractivity contribution in [3.05, 3.63) is 70.2 Å². The van der Waals surface area contributed by atoms with Gasteiger partial charge >= 0.3 is 6.97 Å². The van der Waals surface area contributed by atoms with Crippen LogP contribution in [0.2, 0.25) is 5.02 Å². The fourth-order valence-corrected chi connectivity index (χ4v) is 3.72. The van der Waals surface area contributed by atoms with Gasteiger partial charge in [-0.2, -0.15) is 0 Å². The summed E-state index contributed by atoms with van der Waals surface area (Å²) in [4.78, 5) is 0. The smallest absolute Gasteiger partial charge is 0.506 e. The van der Waals surface area contributed by atoms with Crippen molar-refractivity contribution in [2.75, 3.05) is 0 Å². The number of aryl methyl sites for hydroxylation is 1. The van der Waals surface area contributed by atoms with Crippen LogP contribution in [0.1, 0.15) is 23.9 Å². The average molecular weight is 347 g/mol. The Morgan fingerprint density at radius 3 is 2.58 bits per heavy atom. The van der Waals surface area contributed by atoms with Gasteiger partial charge in [0.1, 0.15) is 11.5 Å². The van der Waals surface area contributed by atoms with Crippen molar-refractivity contribution in [2.24, 2.45) is 0 Å². The molecular weight excluding hydrogens is 332 g/mol. The maximum atomic E-state index is 15.1. The van der Waals surface area contributed by atoms with Gasteiger partial charge in [-0.3, -0.25) is 0 Å². The van der Waals surface area contributed by atoms with Crippen LogP contribution in [0.3, 0.4) is 0 Å². The SMILES string of the molecule is CC1=[N+]2C(=C(c3ccc(O)c(Cl)c3)c3ccc(C)n3[B-]2(F)F)C=C1. The van der Waals surface area contributed by atoms with E-state index in [0.717, 1.165) is 8.96 Å². The van der Waals surface area contributed by atoms with Crippen LogP contribution >= 0.6 is 11.6 Å². The van der Waals surface area contributed by atoms with Gasteiger partial charge in [0, 0.05) is 24.8 Å². The van der Waals surface area contributed by atoms with Gasteiger partial charge in [-0.1, -0.05) is 17.7 Å². The van der Waals surface area contributed by atoms with E-state index in [-0.39, 0.29) is 10.8 Å². The van der Waals surface area contributed by atoms with Crippen LogP contribution in [0.5, 0.6) is 5.75 Å². The lowest BCUT2D eigenvalue weighted by Gasteiger charge is -2.32. The van der Waals surface area contributed by atoms with Gasteiger partial charge in [0.15, 0.2) is 5.70 Å². The van der Waals surface area contributed by atoms with E-state index in [1.807, 2.05) is 0 Å². The number of hydrogen-bond donors (Lipinski definition) is 1. The number of phenolic OH excluding ortho intramolecular Hbond substituents is 1. The topological polar surface area (TPSA) is 28.2 Å². The second-order valence-corrected chi connectivity index (χ2v) is 6.50. The van der Waals surface area contributed by atoms with Crippen LogP contribution in [-0.4, -0.2) is 26.8 Å². The molecule has 2 aliphatic rings. The number of aromatic nitrogens is 1. The number of phenols is 1. The number of rotatable bonds is 1. The Labute approximate surface area is 142 Å². The van der Waals surface area contributed by atoms with Gasteiger partial charge in [0.05, 0.1) is 10.6 Å². The summed E-state index contributed by atoms with van der Waals surface area (Å²) in [6.45, 7) is -0.608. The first kappa shape index (κ1) is 15.2. The third-order valence-electron chi connectivity index (χ3n) is 4.61. The normalized spacial score (nSPS) is 18.2. The van der Waals surface area contributed by atoms with Gasteiger partial charge < -0.3 is 22.7 Å². The van der Waals surface area contributed by atoms with Gasteiger partial charge in [-0.25, -0.2) is 0 Å². The van der Waals surface area contributed by atoms with Crippen molar-refractivity contribution in [3.8, 4) is 5.75 Å². The Bertz CT molecular complexity index is 988. The van der Waals surface area contributed by atoms with Crippen molar-refractivity contribution in [2.45, 2.75) is 13.8 Å². The first-order chi connectivity index (χ1) is 11.3. The van der Waals surface area contributed by atoms with E-state index in [4.69, 9.17) is 11.6 Å². The summed E-state index contributed by atoms with van der Waals surface area (Å²) >= 11 is 6.03. The number of hydrogen-bond acceptors (Lipinski definition) is 1. The fourth-order valence-electron chi connectivity index (χ4n) is 3.54. The maximum Gasteiger partial charge on any atom is 0.737 e. The molecule has 0 unspecified atom stereocenters. The highest BCUT2D eigenvalue weighted by atomic mass is 35.5. The summed E-state index contributed by atoms with van der Waals surface area (Å²) in [7, 11) is 0. The second-order valence-electron chi connectivity index (χ2n) is 6.09.